The van der Waals surface area contributed by atoms with E-state index in [0.717, 1.165) is 0 Å². The predicted octanol–water partition coefficient (Wildman–Crippen LogP) is 5.04. The zero-order valence-electron chi connectivity index (χ0n) is 13.0. The third-order valence-corrected chi connectivity index (χ3v) is 4.20. The van der Waals surface area contributed by atoms with Crippen LogP contribution in [0.5, 0.6) is 11.5 Å². The van der Waals surface area contributed by atoms with E-state index in [4.69, 9.17) is 44.3 Å². The number of ether oxygens (including phenoxy) is 2. The largest absolute Gasteiger partial charge is 0.497 e. The van der Waals surface area contributed by atoms with E-state index >= 15 is 0 Å². The van der Waals surface area contributed by atoms with Crippen LogP contribution in [-0.2, 0) is 0 Å². The highest BCUT2D eigenvalue weighted by atomic mass is 35.6. The standard InChI is InChI=1S/C17H16Cl3NO3/c1-23-13-7-3-11(4-8-13)15(17(18,19)20)16(21-22)12-5-9-14(24-2)10-6-12/h3-10,15,22H,1-2H3/b21-16+. The Morgan fingerprint density at radius 1 is 0.917 bits per heavy atom. The maximum atomic E-state index is 9.56. The van der Waals surface area contributed by atoms with Gasteiger partial charge in [0.1, 0.15) is 11.5 Å². The van der Waals surface area contributed by atoms with Gasteiger partial charge in [-0.15, -0.1) is 0 Å². The van der Waals surface area contributed by atoms with Gasteiger partial charge in [-0.1, -0.05) is 52.1 Å². The number of benzene rings is 2. The average Bonchev–Trinajstić information content (AvgIpc) is 2.59. The highest BCUT2D eigenvalue weighted by Crippen LogP contribution is 2.44. The first-order chi connectivity index (χ1) is 11.4. The third kappa shape index (κ3) is 4.26. The Balaban J connectivity index is 2.47. The Hall–Kier alpha value is -1.62. The van der Waals surface area contributed by atoms with E-state index in [2.05, 4.69) is 5.16 Å². The van der Waals surface area contributed by atoms with E-state index in [1.807, 2.05) is 0 Å². The first kappa shape index (κ1) is 18.7. The molecular formula is C17H16Cl3NO3. The predicted molar refractivity (Wildman–Crippen MR) is 97.3 cm³/mol. The number of hydrogen-bond acceptors (Lipinski definition) is 4. The summed E-state index contributed by atoms with van der Waals surface area (Å²) in [6.45, 7) is 0. The van der Waals surface area contributed by atoms with Crippen LogP contribution in [0.1, 0.15) is 17.0 Å². The molecule has 128 valence electrons. The number of alkyl halides is 3. The van der Waals surface area contributed by atoms with Crippen molar-refractivity contribution in [2.75, 3.05) is 14.2 Å². The minimum Gasteiger partial charge on any atom is -0.497 e. The lowest BCUT2D eigenvalue weighted by atomic mass is 9.91. The van der Waals surface area contributed by atoms with Crippen molar-refractivity contribution in [2.45, 2.75) is 9.71 Å². The molecule has 0 spiro atoms. The fourth-order valence-corrected chi connectivity index (χ4v) is 3.03. The van der Waals surface area contributed by atoms with Gasteiger partial charge >= 0.3 is 0 Å². The fourth-order valence-electron chi connectivity index (χ4n) is 2.34. The highest BCUT2D eigenvalue weighted by molar-refractivity contribution is 6.69. The number of nitrogens with zero attached hydrogens (tertiary/aromatic N) is 1. The molecule has 0 bridgehead atoms. The van der Waals surface area contributed by atoms with Gasteiger partial charge in [0.15, 0.2) is 0 Å². The van der Waals surface area contributed by atoms with Gasteiger partial charge in [-0.05, 0) is 42.0 Å². The first-order valence-electron chi connectivity index (χ1n) is 6.97. The molecule has 0 saturated heterocycles. The van der Waals surface area contributed by atoms with Crippen LogP contribution in [0.3, 0.4) is 0 Å². The van der Waals surface area contributed by atoms with Gasteiger partial charge in [-0.2, -0.15) is 0 Å². The number of halogens is 3. The Morgan fingerprint density at radius 3 is 1.75 bits per heavy atom. The smallest absolute Gasteiger partial charge is 0.203 e. The summed E-state index contributed by atoms with van der Waals surface area (Å²) in [7, 11) is 3.14. The van der Waals surface area contributed by atoms with E-state index in [-0.39, 0.29) is 5.71 Å². The van der Waals surface area contributed by atoms with Gasteiger partial charge < -0.3 is 14.7 Å². The monoisotopic (exact) mass is 387 g/mol. The van der Waals surface area contributed by atoms with Gasteiger partial charge in [0, 0.05) is 5.56 Å². The summed E-state index contributed by atoms with van der Waals surface area (Å²) in [5.74, 6) is 0.575. The van der Waals surface area contributed by atoms with Crippen molar-refractivity contribution in [3.8, 4) is 11.5 Å². The van der Waals surface area contributed by atoms with Crippen LogP contribution in [0, 0.1) is 0 Å². The van der Waals surface area contributed by atoms with Crippen LogP contribution in [0.15, 0.2) is 53.7 Å². The summed E-state index contributed by atoms with van der Waals surface area (Å²) in [4.78, 5) is 0. The molecule has 7 heteroatoms. The molecule has 2 rings (SSSR count). The van der Waals surface area contributed by atoms with Crippen LogP contribution in [0.25, 0.3) is 0 Å². The summed E-state index contributed by atoms with van der Waals surface area (Å²) < 4.78 is 8.55. The summed E-state index contributed by atoms with van der Waals surface area (Å²) >= 11 is 18.5. The van der Waals surface area contributed by atoms with Crippen molar-refractivity contribution in [1.29, 1.82) is 0 Å². The molecule has 0 aliphatic rings. The zero-order valence-corrected chi connectivity index (χ0v) is 15.3. The molecule has 4 nitrogen and oxygen atoms in total. The molecule has 1 atom stereocenters. The zero-order chi connectivity index (χ0) is 17.7. The van der Waals surface area contributed by atoms with Crippen LogP contribution >= 0.6 is 34.8 Å². The van der Waals surface area contributed by atoms with Crippen molar-refractivity contribution in [2.24, 2.45) is 5.16 Å². The summed E-state index contributed by atoms with van der Waals surface area (Å²) in [6, 6.07) is 14.0. The third-order valence-electron chi connectivity index (χ3n) is 3.54. The molecule has 24 heavy (non-hydrogen) atoms. The molecule has 2 aromatic carbocycles. The maximum Gasteiger partial charge on any atom is 0.203 e. The average molecular weight is 389 g/mol. The second kappa shape index (κ2) is 7.97. The van der Waals surface area contributed by atoms with Gasteiger partial charge in [0.25, 0.3) is 0 Å². The van der Waals surface area contributed by atoms with Gasteiger partial charge in [0.2, 0.25) is 3.79 Å². The van der Waals surface area contributed by atoms with Crippen LogP contribution in [-0.4, -0.2) is 28.9 Å². The molecular weight excluding hydrogens is 373 g/mol. The Bertz CT molecular complexity index is 695. The normalized spacial score (nSPS) is 13.5. The molecule has 1 unspecified atom stereocenters. The van der Waals surface area contributed by atoms with E-state index < -0.39 is 9.71 Å². The Labute approximate surface area is 155 Å². The van der Waals surface area contributed by atoms with Crippen LogP contribution < -0.4 is 9.47 Å². The summed E-state index contributed by atoms with van der Waals surface area (Å²) in [6.07, 6.45) is 0. The van der Waals surface area contributed by atoms with Crippen molar-refractivity contribution >= 4 is 40.5 Å². The fraction of sp³-hybridized carbons (Fsp3) is 0.235. The van der Waals surface area contributed by atoms with Gasteiger partial charge in [-0.3, -0.25) is 0 Å². The number of oxime groups is 1. The van der Waals surface area contributed by atoms with E-state index in [0.29, 0.717) is 22.6 Å². The first-order valence-corrected chi connectivity index (χ1v) is 8.11. The second-order valence-corrected chi connectivity index (χ2v) is 7.33. The van der Waals surface area contributed by atoms with Crippen LogP contribution in [0.4, 0.5) is 0 Å². The quantitative estimate of drug-likeness (QED) is 0.338. The van der Waals surface area contributed by atoms with E-state index in [9.17, 15) is 5.21 Å². The van der Waals surface area contributed by atoms with Crippen molar-refractivity contribution < 1.29 is 14.7 Å². The maximum absolute atomic E-state index is 9.56. The molecule has 0 aliphatic heterocycles. The molecule has 0 amide bonds. The lowest BCUT2D eigenvalue weighted by Crippen LogP contribution is -2.27. The second-order valence-electron chi connectivity index (χ2n) is 4.96. The topological polar surface area (TPSA) is 51.0 Å². The highest BCUT2D eigenvalue weighted by Gasteiger charge is 2.39. The number of methoxy groups -OCH3 is 2. The van der Waals surface area contributed by atoms with E-state index in [1.54, 1.807) is 62.8 Å². The number of rotatable bonds is 5. The minimum absolute atomic E-state index is 0.239. The molecule has 0 heterocycles. The number of hydrogen-bond donors (Lipinski definition) is 1. The van der Waals surface area contributed by atoms with Crippen molar-refractivity contribution in [3.05, 3.63) is 59.7 Å². The van der Waals surface area contributed by atoms with Crippen molar-refractivity contribution in [3.63, 3.8) is 0 Å². The lowest BCUT2D eigenvalue weighted by Gasteiger charge is -2.26. The van der Waals surface area contributed by atoms with Gasteiger partial charge in [-0.25, -0.2) is 0 Å². The van der Waals surface area contributed by atoms with Crippen molar-refractivity contribution in [1.82, 2.24) is 0 Å². The molecule has 0 aromatic heterocycles. The molecule has 2 aromatic rings. The molecule has 1 N–H and O–H groups in total. The summed E-state index contributed by atoms with van der Waals surface area (Å²) in [5.41, 5.74) is 1.53. The minimum atomic E-state index is -1.71. The SMILES string of the molecule is COc1ccc(/C(=N\O)C(c2ccc(OC)cc2)C(Cl)(Cl)Cl)cc1. The summed E-state index contributed by atoms with van der Waals surface area (Å²) in [5, 5.41) is 12.9. The van der Waals surface area contributed by atoms with Crippen LogP contribution in [0.2, 0.25) is 0 Å². The Kier molecular flexibility index (Phi) is 6.21. The molecule has 0 aliphatic carbocycles. The molecule has 0 saturated carbocycles. The van der Waals surface area contributed by atoms with Gasteiger partial charge in [0.05, 0.1) is 25.8 Å². The lowest BCUT2D eigenvalue weighted by molar-refractivity contribution is 0.317. The molecule has 0 fully saturated rings. The molecule has 0 radical (unpaired) electrons. The Morgan fingerprint density at radius 2 is 1.38 bits per heavy atom. The van der Waals surface area contributed by atoms with E-state index in [1.165, 1.54) is 0 Å².